The van der Waals surface area contributed by atoms with Crippen molar-refractivity contribution < 1.29 is 16.8 Å². The van der Waals surface area contributed by atoms with Crippen molar-refractivity contribution in [1.29, 1.82) is 0 Å². The van der Waals surface area contributed by atoms with Crippen LogP contribution in [0.5, 0.6) is 0 Å². The van der Waals surface area contributed by atoms with Crippen LogP contribution in [0.25, 0.3) is 22.6 Å². The van der Waals surface area contributed by atoms with Gasteiger partial charge in [0.15, 0.2) is 5.82 Å². The summed E-state index contributed by atoms with van der Waals surface area (Å²) in [6.07, 6.45) is 1.67. The predicted octanol–water partition coefficient (Wildman–Crippen LogP) is 6.38. The molecule has 2 heterocycles. The summed E-state index contributed by atoms with van der Waals surface area (Å²) in [4.78, 5) is 11.9. The SMILES string of the molecule is Nc1ccc(S(=O)(=O)Nc2ccccc2Cl)cc1N.O=S(=O)(Nc1ccccc1Cl)c1ccc2nc(-c3ccccn3)[nH]c2c1. The van der Waals surface area contributed by atoms with E-state index in [4.69, 9.17) is 34.7 Å². The second-order valence-corrected chi connectivity index (χ2v) is 13.6. The smallest absolute Gasteiger partial charge is 0.262 e. The molecule has 6 aromatic rings. The summed E-state index contributed by atoms with van der Waals surface area (Å²) in [5.41, 5.74) is 14.3. The number of H-pyrrole nitrogens is 1. The van der Waals surface area contributed by atoms with Gasteiger partial charge in [-0.05, 0) is 72.8 Å². The minimum atomic E-state index is -3.78. The summed E-state index contributed by atoms with van der Waals surface area (Å²) >= 11 is 11.9. The molecule has 2 aromatic heterocycles. The van der Waals surface area contributed by atoms with Crippen LogP contribution in [0.1, 0.15) is 0 Å². The van der Waals surface area contributed by atoms with Gasteiger partial charge in [0, 0.05) is 6.20 Å². The predicted molar refractivity (Wildman–Crippen MR) is 179 cm³/mol. The lowest BCUT2D eigenvalue weighted by Gasteiger charge is -2.10. The van der Waals surface area contributed by atoms with E-state index in [0.29, 0.717) is 49.7 Å². The van der Waals surface area contributed by atoms with Gasteiger partial charge in [-0.2, -0.15) is 0 Å². The number of sulfonamides is 2. The Bertz CT molecular complexity index is 2210. The number of nitrogens with one attached hydrogen (secondary N) is 3. The normalized spacial score (nSPS) is 11.4. The Balaban J connectivity index is 0.000000187. The number of pyridine rings is 1. The molecule has 11 nitrogen and oxygen atoms in total. The number of halogens is 2. The first kappa shape index (κ1) is 31.6. The third-order valence-corrected chi connectivity index (χ3v) is 9.66. The van der Waals surface area contributed by atoms with Gasteiger partial charge in [0.2, 0.25) is 0 Å². The average molecular weight is 683 g/mol. The summed E-state index contributed by atoms with van der Waals surface area (Å²) in [7, 11) is -7.53. The van der Waals surface area contributed by atoms with Gasteiger partial charge in [0.25, 0.3) is 20.0 Å². The van der Waals surface area contributed by atoms with Gasteiger partial charge < -0.3 is 16.5 Å². The standard InChI is InChI=1S/C18H13ClN4O2S.C12H12ClN3O2S/c19-13-5-1-2-6-14(13)23-26(24,25)12-8-9-15-17(11-12)22-18(21-15)16-7-3-4-10-20-16;13-9-3-1-2-4-12(9)16-19(17,18)8-5-6-10(14)11(15)7-8/h1-11,23H,(H,21,22);1-7,16H,14-15H2. The Labute approximate surface area is 269 Å². The summed E-state index contributed by atoms with van der Waals surface area (Å²) in [6, 6.07) is 27.5. The first-order valence-corrected chi connectivity index (χ1v) is 16.8. The first-order valence-electron chi connectivity index (χ1n) is 13.0. The molecule has 7 N–H and O–H groups in total. The van der Waals surface area contributed by atoms with Gasteiger partial charge in [-0.3, -0.25) is 14.4 Å². The van der Waals surface area contributed by atoms with Gasteiger partial charge >= 0.3 is 0 Å². The van der Waals surface area contributed by atoms with Crippen LogP contribution in [-0.2, 0) is 20.0 Å². The molecule has 0 bridgehead atoms. The molecular formula is C30H25Cl2N7O4S2. The van der Waals surface area contributed by atoms with Crippen molar-refractivity contribution in [2.45, 2.75) is 9.79 Å². The van der Waals surface area contributed by atoms with E-state index in [0.717, 1.165) is 0 Å². The molecule has 230 valence electrons. The first-order chi connectivity index (χ1) is 21.4. The second kappa shape index (κ2) is 13.0. The minimum Gasteiger partial charge on any atom is -0.397 e. The second-order valence-electron chi connectivity index (χ2n) is 9.44. The average Bonchev–Trinajstić information content (AvgIpc) is 3.45. The number of para-hydroxylation sites is 2. The maximum absolute atomic E-state index is 12.7. The van der Waals surface area contributed by atoms with Gasteiger partial charge in [0.05, 0.1) is 53.6 Å². The van der Waals surface area contributed by atoms with E-state index in [1.165, 1.54) is 30.3 Å². The van der Waals surface area contributed by atoms with Gasteiger partial charge in [-0.15, -0.1) is 0 Å². The summed E-state index contributed by atoms with van der Waals surface area (Å²) in [5, 5.41) is 0.644. The molecule has 15 heteroatoms. The fourth-order valence-corrected chi connectivity index (χ4v) is 6.69. The van der Waals surface area contributed by atoms with E-state index in [1.807, 2.05) is 18.2 Å². The zero-order valence-electron chi connectivity index (χ0n) is 23.1. The topological polar surface area (TPSA) is 186 Å². The zero-order chi connectivity index (χ0) is 32.2. The number of aromatic nitrogens is 3. The van der Waals surface area contributed by atoms with Gasteiger partial charge in [-0.1, -0.05) is 53.5 Å². The van der Waals surface area contributed by atoms with Crippen molar-refractivity contribution in [2.24, 2.45) is 0 Å². The van der Waals surface area contributed by atoms with E-state index in [9.17, 15) is 16.8 Å². The van der Waals surface area contributed by atoms with Crippen molar-refractivity contribution >= 4 is 77.0 Å². The van der Waals surface area contributed by atoms with Crippen LogP contribution in [0.3, 0.4) is 0 Å². The highest BCUT2D eigenvalue weighted by molar-refractivity contribution is 7.93. The van der Waals surface area contributed by atoms with Gasteiger partial charge in [0.1, 0.15) is 5.69 Å². The molecule has 0 spiro atoms. The molecule has 0 aliphatic heterocycles. The number of nitrogens with two attached hydrogens (primary N) is 2. The van der Waals surface area contributed by atoms with Crippen molar-refractivity contribution in [3.63, 3.8) is 0 Å². The lowest BCUT2D eigenvalue weighted by atomic mass is 10.3. The van der Waals surface area contributed by atoms with E-state index >= 15 is 0 Å². The van der Waals surface area contributed by atoms with Crippen LogP contribution < -0.4 is 20.9 Å². The Morgan fingerprint density at radius 2 is 1.20 bits per heavy atom. The minimum absolute atomic E-state index is 0.0270. The van der Waals surface area contributed by atoms with E-state index < -0.39 is 20.0 Å². The third kappa shape index (κ3) is 7.46. The largest absolute Gasteiger partial charge is 0.397 e. The molecule has 0 radical (unpaired) electrons. The van der Waals surface area contributed by atoms with E-state index in [-0.39, 0.29) is 15.5 Å². The van der Waals surface area contributed by atoms with Crippen molar-refractivity contribution in [2.75, 3.05) is 20.9 Å². The number of nitrogens with zero attached hydrogens (tertiary/aromatic N) is 2. The molecule has 0 atom stereocenters. The molecule has 0 fully saturated rings. The highest BCUT2D eigenvalue weighted by atomic mass is 35.5. The van der Waals surface area contributed by atoms with Crippen molar-refractivity contribution in [3.05, 3.63) is 119 Å². The lowest BCUT2D eigenvalue weighted by Crippen LogP contribution is -2.13. The van der Waals surface area contributed by atoms with Crippen molar-refractivity contribution in [1.82, 2.24) is 15.0 Å². The number of nitrogen functional groups attached to an aromatic ring is 2. The third-order valence-electron chi connectivity index (χ3n) is 6.28. The quantitative estimate of drug-likeness (QED) is 0.120. The number of hydrogen-bond acceptors (Lipinski definition) is 8. The molecule has 0 aliphatic rings. The Morgan fingerprint density at radius 3 is 1.76 bits per heavy atom. The molecule has 0 amide bonds. The van der Waals surface area contributed by atoms with E-state index in [1.54, 1.807) is 60.8 Å². The maximum atomic E-state index is 12.7. The number of aromatic amines is 1. The highest BCUT2D eigenvalue weighted by Gasteiger charge is 2.18. The number of hydrogen-bond donors (Lipinski definition) is 5. The van der Waals surface area contributed by atoms with Crippen LogP contribution in [0.15, 0.2) is 119 Å². The Morgan fingerprint density at radius 1 is 0.644 bits per heavy atom. The van der Waals surface area contributed by atoms with Crippen molar-refractivity contribution in [3.8, 4) is 11.5 Å². The number of rotatable bonds is 7. The zero-order valence-corrected chi connectivity index (χ0v) is 26.3. The van der Waals surface area contributed by atoms with Crippen LogP contribution in [0, 0.1) is 0 Å². The highest BCUT2D eigenvalue weighted by Crippen LogP contribution is 2.27. The molecule has 45 heavy (non-hydrogen) atoms. The van der Waals surface area contributed by atoms with Crippen LogP contribution in [-0.4, -0.2) is 31.8 Å². The summed E-state index contributed by atoms with van der Waals surface area (Å²) in [5.74, 6) is 0.578. The molecule has 0 saturated heterocycles. The Kier molecular flexibility index (Phi) is 9.16. The molecule has 0 unspecified atom stereocenters. The number of benzene rings is 4. The van der Waals surface area contributed by atoms with Crippen LogP contribution in [0.2, 0.25) is 10.0 Å². The Hall–Kier alpha value is -4.82. The fourth-order valence-electron chi connectivity index (χ4n) is 4.00. The molecule has 6 rings (SSSR count). The number of fused-ring (bicyclic) bond motifs is 1. The molecule has 0 saturated carbocycles. The maximum Gasteiger partial charge on any atom is 0.262 e. The molecule has 4 aromatic carbocycles. The number of anilines is 4. The monoisotopic (exact) mass is 681 g/mol. The lowest BCUT2D eigenvalue weighted by molar-refractivity contribution is 0.599. The summed E-state index contributed by atoms with van der Waals surface area (Å²) < 4.78 is 54.5. The van der Waals surface area contributed by atoms with Crippen LogP contribution >= 0.6 is 23.2 Å². The summed E-state index contributed by atoms with van der Waals surface area (Å²) in [6.45, 7) is 0. The number of imidazole rings is 1. The van der Waals surface area contributed by atoms with Gasteiger partial charge in [-0.25, -0.2) is 21.8 Å². The molecule has 0 aliphatic carbocycles. The molecular weight excluding hydrogens is 657 g/mol. The van der Waals surface area contributed by atoms with Crippen LogP contribution in [0.4, 0.5) is 22.7 Å². The van der Waals surface area contributed by atoms with E-state index in [2.05, 4.69) is 24.4 Å². The fraction of sp³-hybridized carbons (Fsp3) is 0.